The number of aromatic nitrogens is 3. The lowest BCUT2D eigenvalue weighted by Gasteiger charge is -2.00. The zero-order chi connectivity index (χ0) is 13.7. The summed E-state index contributed by atoms with van der Waals surface area (Å²) in [7, 11) is 1.35. The van der Waals surface area contributed by atoms with Crippen molar-refractivity contribution in [1.82, 2.24) is 20.4 Å². The van der Waals surface area contributed by atoms with Gasteiger partial charge >= 0.3 is 5.97 Å². The molecular formula is C12H16N4O3. The maximum Gasteiger partial charge on any atom is 0.354 e. The molecule has 0 saturated carbocycles. The number of carbonyl (C=O) groups is 1. The number of carbonyl (C=O) groups excluding carboxylic acids is 1. The van der Waals surface area contributed by atoms with Gasteiger partial charge in [-0.3, -0.25) is 0 Å². The molecule has 2 N–H and O–H groups in total. The van der Waals surface area contributed by atoms with E-state index >= 15 is 0 Å². The van der Waals surface area contributed by atoms with Gasteiger partial charge in [0.05, 0.1) is 7.11 Å². The molecule has 2 aromatic heterocycles. The number of methoxy groups -OCH3 is 1. The van der Waals surface area contributed by atoms with E-state index in [9.17, 15) is 4.79 Å². The van der Waals surface area contributed by atoms with Gasteiger partial charge in [0.15, 0.2) is 5.82 Å². The molecule has 2 aromatic rings. The molecule has 0 aliphatic carbocycles. The summed E-state index contributed by atoms with van der Waals surface area (Å²) in [6, 6.07) is 3.54. The van der Waals surface area contributed by atoms with Crippen LogP contribution >= 0.6 is 0 Å². The summed E-state index contributed by atoms with van der Waals surface area (Å²) in [6.07, 6.45) is 0.672. The summed E-state index contributed by atoms with van der Waals surface area (Å²) in [5.41, 5.74) is 1.37. The highest BCUT2D eigenvalue weighted by Crippen LogP contribution is 2.03. The molecule has 2 heterocycles. The number of nitrogens with zero attached hydrogens (tertiary/aromatic N) is 2. The predicted octanol–water partition coefficient (Wildman–Crippen LogP) is 0.825. The molecule has 19 heavy (non-hydrogen) atoms. The van der Waals surface area contributed by atoms with Crippen LogP contribution in [0.3, 0.4) is 0 Å². The van der Waals surface area contributed by atoms with E-state index in [1.807, 2.05) is 6.07 Å². The van der Waals surface area contributed by atoms with Crippen molar-refractivity contribution in [1.29, 1.82) is 0 Å². The van der Waals surface area contributed by atoms with Gasteiger partial charge < -0.3 is 19.6 Å². The van der Waals surface area contributed by atoms with Gasteiger partial charge in [-0.2, -0.15) is 4.98 Å². The van der Waals surface area contributed by atoms with Crippen LogP contribution in [-0.2, 0) is 17.7 Å². The van der Waals surface area contributed by atoms with Crippen molar-refractivity contribution in [2.45, 2.75) is 19.9 Å². The highest BCUT2D eigenvalue weighted by atomic mass is 16.5. The Bertz CT molecular complexity index is 547. The Morgan fingerprint density at radius 2 is 2.37 bits per heavy atom. The fraction of sp³-hybridized carbons (Fsp3) is 0.417. The van der Waals surface area contributed by atoms with Gasteiger partial charge in [0.2, 0.25) is 5.89 Å². The van der Waals surface area contributed by atoms with E-state index in [-0.39, 0.29) is 5.97 Å². The third kappa shape index (κ3) is 3.65. The minimum atomic E-state index is -0.368. The van der Waals surface area contributed by atoms with Gasteiger partial charge in [-0.15, -0.1) is 0 Å². The highest BCUT2D eigenvalue weighted by Gasteiger charge is 2.07. The van der Waals surface area contributed by atoms with Gasteiger partial charge in [0.25, 0.3) is 0 Å². The van der Waals surface area contributed by atoms with Crippen LogP contribution in [0, 0.1) is 6.92 Å². The summed E-state index contributed by atoms with van der Waals surface area (Å²) in [4.78, 5) is 18.3. The van der Waals surface area contributed by atoms with Gasteiger partial charge in [-0.25, -0.2) is 4.79 Å². The van der Waals surface area contributed by atoms with E-state index in [0.717, 1.165) is 5.69 Å². The van der Waals surface area contributed by atoms with Gasteiger partial charge in [0.1, 0.15) is 5.69 Å². The van der Waals surface area contributed by atoms with Crippen LogP contribution in [0.2, 0.25) is 0 Å². The van der Waals surface area contributed by atoms with E-state index < -0.39 is 0 Å². The zero-order valence-electron chi connectivity index (χ0n) is 10.9. The Kier molecular flexibility index (Phi) is 4.30. The number of ether oxygens (including phenoxy) is 1. The maximum atomic E-state index is 11.2. The van der Waals surface area contributed by atoms with Crippen molar-refractivity contribution in [2.75, 3.05) is 13.7 Å². The van der Waals surface area contributed by atoms with Crippen molar-refractivity contribution in [3.63, 3.8) is 0 Å². The van der Waals surface area contributed by atoms with E-state index in [0.29, 0.717) is 36.9 Å². The first-order valence-corrected chi connectivity index (χ1v) is 5.95. The predicted molar refractivity (Wildman–Crippen MR) is 66.6 cm³/mol. The standard InChI is InChI=1S/C12H16N4O3/c1-8-14-11(19-16-8)5-6-13-7-9-3-4-10(15-9)12(17)18-2/h3-4,13,15H,5-7H2,1-2H3. The maximum absolute atomic E-state index is 11.2. The summed E-state index contributed by atoms with van der Waals surface area (Å²) in [6.45, 7) is 3.13. The number of aromatic amines is 1. The summed E-state index contributed by atoms with van der Waals surface area (Å²) >= 11 is 0. The molecule has 0 unspecified atom stereocenters. The Morgan fingerprint density at radius 3 is 3.05 bits per heavy atom. The smallest absolute Gasteiger partial charge is 0.354 e. The molecule has 0 spiro atoms. The van der Waals surface area contributed by atoms with Crippen LogP contribution in [0.25, 0.3) is 0 Å². The normalized spacial score (nSPS) is 10.6. The Morgan fingerprint density at radius 1 is 1.53 bits per heavy atom. The molecule has 7 heteroatoms. The molecule has 0 bridgehead atoms. The number of esters is 1. The van der Waals surface area contributed by atoms with Crippen LogP contribution in [0.4, 0.5) is 0 Å². The number of nitrogens with one attached hydrogen (secondary N) is 2. The molecule has 0 fully saturated rings. The zero-order valence-corrected chi connectivity index (χ0v) is 10.9. The molecule has 0 amide bonds. The van der Waals surface area contributed by atoms with Gasteiger partial charge in [-0.1, -0.05) is 5.16 Å². The minimum Gasteiger partial charge on any atom is -0.464 e. The number of hydrogen-bond acceptors (Lipinski definition) is 6. The largest absolute Gasteiger partial charge is 0.464 e. The Labute approximate surface area is 110 Å². The molecule has 2 rings (SSSR count). The summed E-state index contributed by atoms with van der Waals surface area (Å²) < 4.78 is 9.61. The van der Waals surface area contributed by atoms with Gasteiger partial charge in [0, 0.05) is 25.2 Å². The lowest BCUT2D eigenvalue weighted by atomic mass is 10.4. The number of H-pyrrole nitrogens is 1. The average molecular weight is 264 g/mol. The first-order valence-electron chi connectivity index (χ1n) is 5.95. The third-order valence-corrected chi connectivity index (χ3v) is 2.55. The monoisotopic (exact) mass is 264 g/mol. The van der Waals surface area contributed by atoms with E-state index in [1.54, 1.807) is 13.0 Å². The molecule has 0 atom stereocenters. The van der Waals surface area contributed by atoms with Crippen LogP contribution in [-0.4, -0.2) is 34.7 Å². The fourth-order valence-electron chi connectivity index (χ4n) is 1.63. The first-order chi connectivity index (χ1) is 9.19. The molecule has 0 aliphatic rings. The average Bonchev–Trinajstić information content (AvgIpc) is 3.03. The second-order valence-corrected chi connectivity index (χ2v) is 4.05. The second kappa shape index (κ2) is 6.14. The Hall–Kier alpha value is -2.15. The first kappa shape index (κ1) is 13.3. The van der Waals surface area contributed by atoms with Crippen molar-refractivity contribution >= 4 is 5.97 Å². The van der Waals surface area contributed by atoms with Crippen LogP contribution < -0.4 is 5.32 Å². The molecule has 0 saturated heterocycles. The lowest BCUT2D eigenvalue weighted by molar-refractivity contribution is 0.0594. The highest BCUT2D eigenvalue weighted by molar-refractivity contribution is 5.87. The molecule has 0 radical (unpaired) electrons. The topological polar surface area (TPSA) is 93.0 Å². The third-order valence-electron chi connectivity index (χ3n) is 2.55. The second-order valence-electron chi connectivity index (χ2n) is 4.05. The van der Waals surface area contributed by atoms with Crippen molar-refractivity contribution in [3.05, 3.63) is 35.2 Å². The van der Waals surface area contributed by atoms with E-state index in [4.69, 9.17) is 4.52 Å². The number of hydrogen-bond donors (Lipinski definition) is 2. The van der Waals surface area contributed by atoms with Crippen LogP contribution in [0.1, 0.15) is 27.9 Å². The van der Waals surface area contributed by atoms with E-state index in [1.165, 1.54) is 7.11 Å². The Balaban J connectivity index is 1.73. The summed E-state index contributed by atoms with van der Waals surface area (Å²) in [5.74, 6) is 0.890. The van der Waals surface area contributed by atoms with Crippen LogP contribution in [0.15, 0.2) is 16.7 Å². The van der Waals surface area contributed by atoms with Crippen LogP contribution in [0.5, 0.6) is 0 Å². The molecule has 0 aromatic carbocycles. The molecular weight excluding hydrogens is 248 g/mol. The van der Waals surface area contributed by atoms with Crippen molar-refractivity contribution in [3.8, 4) is 0 Å². The number of aryl methyl sites for hydroxylation is 1. The lowest BCUT2D eigenvalue weighted by Crippen LogP contribution is -2.17. The quantitative estimate of drug-likeness (QED) is 0.593. The van der Waals surface area contributed by atoms with Crippen molar-refractivity contribution in [2.24, 2.45) is 0 Å². The van der Waals surface area contributed by atoms with E-state index in [2.05, 4.69) is 25.2 Å². The summed E-state index contributed by atoms with van der Waals surface area (Å²) in [5, 5.41) is 6.93. The molecule has 7 nitrogen and oxygen atoms in total. The van der Waals surface area contributed by atoms with Crippen molar-refractivity contribution < 1.29 is 14.1 Å². The SMILES string of the molecule is COC(=O)c1ccc(CNCCc2nc(C)no2)[nH]1. The fourth-order valence-corrected chi connectivity index (χ4v) is 1.63. The molecule has 0 aliphatic heterocycles. The van der Waals surface area contributed by atoms with Gasteiger partial charge in [-0.05, 0) is 19.1 Å². The number of rotatable bonds is 6. The minimum absolute atomic E-state index is 0.368. The molecule has 102 valence electrons.